The topological polar surface area (TPSA) is 35.6 Å². The van der Waals surface area contributed by atoms with Gasteiger partial charge < -0.3 is 4.57 Å². The Labute approximate surface area is 305 Å². The fourth-order valence-corrected chi connectivity index (χ4v) is 9.39. The lowest BCUT2D eigenvalue weighted by molar-refractivity contribution is 0.715. The van der Waals surface area contributed by atoms with E-state index in [0.717, 1.165) is 56.8 Å². The van der Waals surface area contributed by atoms with Gasteiger partial charge in [-0.3, -0.25) is 4.57 Å². The van der Waals surface area contributed by atoms with Gasteiger partial charge in [-0.15, -0.1) is 0 Å². The average Bonchev–Trinajstić information content (AvgIpc) is 3.69. The third-order valence-electron chi connectivity index (χ3n) is 11.5. The highest BCUT2D eigenvalue weighted by Gasteiger charge is 2.31. The lowest BCUT2D eigenvalue weighted by Crippen LogP contribution is -2.09. The fourth-order valence-electron chi connectivity index (χ4n) is 9.39. The molecule has 0 fully saturated rings. The minimum absolute atomic E-state index is 0.459. The van der Waals surface area contributed by atoms with Crippen molar-refractivity contribution in [2.24, 2.45) is 5.92 Å². The van der Waals surface area contributed by atoms with E-state index in [1.165, 1.54) is 60.5 Å². The van der Waals surface area contributed by atoms with Crippen molar-refractivity contribution in [1.82, 2.24) is 19.1 Å². The molecule has 4 heteroatoms. The predicted molar refractivity (Wildman–Crippen MR) is 219 cm³/mol. The Hall–Kier alpha value is -6.78. The molecule has 248 valence electrons. The summed E-state index contributed by atoms with van der Waals surface area (Å²) in [5, 5.41) is 5.04. The van der Waals surface area contributed by atoms with Crippen molar-refractivity contribution in [3.63, 3.8) is 0 Å². The molecule has 0 aliphatic heterocycles. The van der Waals surface area contributed by atoms with Crippen LogP contribution < -0.4 is 0 Å². The van der Waals surface area contributed by atoms with Crippen molar-refractivity contribution in [3.05, 3.63) is 174 Å². The van der Waals surface area contributed by atoms with E-state index in [-0.39, 0.29) is 0 Å². The second-order valence-electron chi connectivity index (χ2n) is 14.6. The first-order valence-electron chi connectivity index (χ1n) is 18.5. The van der Waals surface area contributed by atoms with Crippen LogP contribution in [0.5, 0.6) is 0 Å². The number of nitrogens with zero attached hydrogens (tertiary/aromatic N) is 4. The van der Waals surface area contributed by atoms with E-state index in [2.05, 4.69) is 168 Å². The molecule has 0 N–H and O–H groups in total. The van der Waals surface area contributed by atoms with Gasteiger partial charge in [-0.1, -0.05) is 116 Å². The number of hydrogen-bond acceptors (Lipinski definition) is 2. The normalized spacial score (nSPS) is 14.7. The maximum absolute atomic E-state index is 5.51. The summed E-state index contributed by atoms with van der Waals surface area (Å²) in [4.78, 5) is 11.0. The first kappa shape index (κ1) is 28.9. The largest absolute Gasteiger partial charge is 0.309 e. The molecule has 0 spiro atoms. The summed E-state index contributed by atoms with van der Waals surface area (Å²) in [6.07, 6.45) is 3.53. The molecule has 0 saturated heterocycles. The van der Waals surface area contributed by atoms with Crippen LogP contribution in [0.4, 0.5) is 0 Å². The Morgan fingerprint density at radius 3 is 2.11 bits per heavy atom. The fraction of sp³-hybridized carbons (Fsp3) is 0.0612. The van der Waals surface area contributed by atoms with Gasteiger partial charge in [0.2, 0.25) is 0 Å². The summed E-state index contributed by atoms with van der Waals surface area (Å²) in [5.41, 5.74) is 17.4. The van der Waals surface area contributed by atoms with Crippen molar-refractivity contribution >= 4 is 60.2 Å². The number of rotatable bonds is 3. The highest BCUT2D eigenvalue weighted by atomic mass is 15.1. The van der Waals surface area contributed by atoms with Crippen LogP contribution in [-0.2, 0) is 6.42 Å². The van der Waals surface area contributed by atoms with Gasteiger partial charge in [0.1, 0.15) is 5.69 Å². The van der Waals surface area contributed by atoms with E-state index < -0.39 is 0 Å². The number of para-hydroxylation sites is 4. The average molecular weight is 677 g/mol. The zero-order chi connectivity index (χ0) is 34.8. The maximum atomic E-state index is 5.51. The third kappa shape index (κ3) is 3.95. The van der Waals surface area contributed by atoms with Gasteiger partial charge in [0.25, 0.3) is 0 Å². The maximum Gasteiger partial charge on any atom is 0.165 e. The molecule has 7 aromatic carbocycles. The second kappa shape index (κ2) is 10.6. The van der Waals surface area contributed by atoms with Gasteiger partial charge >= 0.3 is 0 Å². The highest BCUT2D eigenvalue weighted by molar-refractivity contribution is 6.23. The molecule has 3 heterocycles. The first-order valence-corrected chi connectivity index (χ1v) is 18.5. The van der Waals surface area contributed by atoms with Gasteiger partial charge in [-0.2, -0.15) is 0 Å². The molecule has 4 nitrogen and oxygen atoms in total. The van der Waals surface area contributed by atoms with Crippen LogP contribution >= 0.6 is 0 Å². The van der Waals surface area contributed by atoms with Crippen LogP contribution in [-0.4, -0.2) is 19.1 Å². The van der Waals surface area contributed by atoms with Gasteiger partial charge in [-0.25, -0.2) is 9.97 Å². The minimum Gasteiger partial charge on any atom is -0.309 e. The van der Waals surface area contributed by atoms with E-state index in [1.54, 1.807) is 0 Å². The summed E-state index contributed by atoms with van der Waals surface area (Å²) in [7, 11) is 0. The molecule has 0 bridgehead atoms. The molecule has 0 saturated carbocycles. The number of allylic oxidation sites excluding steroid dienone is 1. The molecule has 2 aliphatic carbocycles. The first-order chi connectivity index (χ1) is 26.2. The van der Waals surface area contributed by atoms with E-state index in [1.807, 2.05) is 6.07 Å². The van der Waals surface area contributed by atoms with Crippen molar-refractivity contribution < 1.29 is 0 Å². The highest BCUT2D eigenvalue weighted by Crippen LogP contribution is 2.51. The van der Waals surface area contributed by atoms with Crippen LogP contribution in [0, 0.1) is 5.92 Å². The van der Waals surface area contributed by atoms with E-state index in [4.69, 9.17) is 9.97 Å². The van der Waals surface area contributed by atoms with Crippen LogP contribution in [0.15, 0.2) is 158 Å². The van der Waals surface area contributed by atoms with Gasteiger partial charge in [0.05, 0.1) is 33.1 Å². The van der Waals surface area contributed by atoms with Gasteiger partial charge in [-0.05, 0) is 94.3 Å². The van der Waals surface area contributed by atoms with Crippen molar-refractivity contribution in [1.29, 1.82) is 0 Å². The molecule has 1 atom stereocenters. The lowest BCUT2D eigenvalue weighted by Gasteiger charge is -2.24. The number of fused-ring (bicyclic) bond motifs is 7. The molecule has 12 rings (SSSR count). The number of aromatic nitrogens is 4. The summed E-state index contributed by atoms with van der Waals surface area (Å²) in [5.74, 6) is 1.30. The third-order valence-corrected chi connectivity index (χ3v) is 11.5. The smallest absolute Gasteiger partial charge is 0.165 e. The minimum atomic E-state index is 0.459. The molecular weight excluding hydrogens is 645 g/mol. The standard InChI is InChI=1S/C49H32N4/c1-29-26-30-23-25-43-47-45(30)38(27-29)34-15-6-5-14-33(34)37-17-11-21-42(46(37)47)53(43)49-48(50-39-18-8-9-19-40(39)51-49)31-22-24-36-35-16-7-10-20-41(35)52(44(36)28-31)32-12-3-2-4-13-32/h2-25,27-29H,26H2,1H3. The summed E-state index contributed by atoms with van der Waals surface area (Å²) in [6.45, 7) is 2.34. The molecule has 10 aromatic rings. The summed E-state index contributed by atoms with van der Waals surface area (Å²) in [6, 6.07) is 54.8. The molecule has 0 amide bonds. The Balaban J connectivity index is 1.21. The molecule has 0 radical (unpaired) electrons. The van der Waals surface area contributed by atoms with Gasteiger partial charge in [0.15, 0.2) is 5.82 Å². The Kier molecular flexibility index (Phi) is 5.79. The quantitative estimate of drug-likeness (QED) is 0.187. The predicted octanol–water partition coefficient (Wildman–Crippen LogP) is 12.1. The van der Waals surface area contributed by atoms with Crippen LogP contribution in [0.3, 0.4) is 0 Å². The Bertz CT molecular complexity index is 3210. The van der Waals surface area contributed by atoms with Crippen LogP contribution in [0.1, 0.15) is 23.6 Å². The zero-order valence-electron chi connectivity index (χ0n) is 29.1. The van der Waals surface area contributed by atoms with E-state index in [9.17, 15) is 0 Å². The summed E-state index contributed by atoms with van der Waals surface area (Å²) < 4.78 is 4.77. The molecule has 3 aromatic heterocycles. The zero-order valence-corrected chi connectivity index (χ0v) is 29.1. The molecule has 2 aliphatic rings. The van der Waals surface area contributed by atoms with E-state index >= 15 is 0 Å². The number of hydrogen-bond donors (Lipinski definition) is 0. The summed E-state index contributed by atoms with van der Waals surface area (Å²) >= 11 is 0. The van der Waals surface area contributed by atoms with Crippen molar-refractivity contribution in [3.8, 4) is 33.9 Å². The molecule has 53 heavy (non-hydrogen) atoms. The lowest BCUT2D eigenvalue weighted by atomic mass is 9.81. The molecular formula is C49H32N4. The van der Waals surface area contributed by atoms with Crippen LogP contribution in [0.25, 0.3) is 94.1 Å². The second-order valence-corrected chi connectivity index (χ2v) is 14.6. The monoisotopic (exact) mass is 676 g/mol. The Morgan fingerprint density at radius 2 is 1.23 bits per heavy atom. The molecule has 1 unspecified atom stereocenters. The van der Waals surface area contributed by atoms with Gasteiger partial charge in [0, 0.05) is 32.8 Å². The van der Waals surface area contributed by atoms with E-state index in [0.29, 0.717) is 5.92 Å². The van der Waals surface area contributed by atoms with Crippen molar-refractivity contribution in [2.75, 3.05) is 0 Å². The SMILES string of the molecule is CC1C=C2c3ccccc3-c3cccc4c3c3c2c(ccc3n4-c2nc3ccccc3nc2-c2ccc3c4ccccc4n(-c4ccccc4)c3c2)C1. The Morgan fingerprint density at radius 1 is 0.528 bits per heavy atom. The number of benzene rings is 7. The van der Waals surface area contributed by atoms with Crippen molar-refractivity contribution in [2.45, 2.75) is 13.3 Å². The van der Waals surface area contributed by atoms with Crippen LogP contribution in [0.2, 0.25) is 0 Å².